The molecule has 0 aliphatic rings. The van der Waals surface area contributed by atoms with Gasteiger partial charge in [-0.1, -0.05) is 0 Å². The van der Waals surface area contributed by atoms with Crippen LogP contribution in [-0.2, 0) is 0 Å². The Labute approximate surface area is 94.6 Å². The van der Waals surface area contributed by atoms with E-state index in [9.17, 15) is 0 Å². The van der Waals surface area contributed by atoms with E-state index in [4.69, 9.17) is 0 Å². The SMILES string of the molecule is n1snc2c1c1nsnc1c1nsnc21. The summed E-state index contributed by atoms with van der Waals surface area (Å²) in [6.45, 7) is 0. The van der Waals surface area contributed by atoms with E-state index in [2.05, 4.69) is 26.2 Å². The van der Waals surface area contributed by atoms with E-state index in [0.29, 0.717) is 0 Å². The highest BCUT2D eigenvalue weighted by atomic mass is 32.1. The number of rotatable bonds is 0. The lowest BCUT2D eigenvalue weighted by Gasteiger charge is -1.88. The van der Waals surface area contributed by atoms with Crippen LogP contribution in [0, 0.1) is 0 Å². The van der Waals surface area contributed by atoms with Gasteiger partial charge in [-0.05, 0) is 0 Å². The Morgan fingerprint density at radius 3 is 0.800 bits per heavy atom. The number of nitrogens with zero attached hydrogens (tertiary/aromatic N) is 6. The molecule has 0 unspecified atom stereocenters. The number of hydrogen-bond donors (Lipinski definition) is 0. The molecule has 0 fully saturated rings. The standard InChI is InChI=1S/C6N6S3/c7-1-2(8-13-7)4-6(12-15-11-4)5-3(1)9-14-10-5. The minimum absolute atomic E-state index is 0.781. The Kier molecular flexibility index (Phi) is 1.38. The predicted molar refractivity (Wildman–Crippen MR) is 59.4 cm³/mol. The van der Waals surface area contributed by atoms with E-state index in [1.54, 1.807) is 0 Å². The monoisotopic (exact) mass is 252 g/mol. The minimum Gasteiger partial charge on any atom is -0.170 e. The highest BCUT2D eigenvalue weighted by Gasteiger charge is 2.17. The van der Waals surface area contributed by atoms with Crippen molar-refractivity contribution in [2.24, 2.45) is 0 Å². The van der Waals surface area contributed by atoms with Crippen molar-refractivity contribution in [3.8, 4) is 0 Å². The fraction of sp³-hybridized carbons (Fsp3) is 0. The zero-order valence-corrected chi connectivity index (χ0v) is 9.36. The van der Waals surface area contributed by atoms with Crippen molar-refractivity contribution in [2.75, 3.05) is 0 Å². The van der Waals surface area contributed by atoms with Crippen LogP contribution in [0.15, 0.2) is 0 Å². The van der Waals surface area contributed by atoms with Crippen LogP contribution < -0.4 is 0 Å². The fourth-order valence-corrected chi connectivity index (χ4v) is 3.15. The van der Waals surface area contributed by atoms with Crippen molar-refractivity contribution in [2.45, 2.75) is 0 Å². The Bertz CT molecular complexity index is 587. The average Bonchev–Trinajstić information content (AvgIpc) is 2.97. The molecular formula is C6N6S3. The van der Waals surface area contributed by atoms with Crippen LogP contribution in [0.1, 0.15) is 0 Å². The summed E-state index contributed by atoms with van der Waals surface area (Å²) in [5.74, 6) is 0. The molecule has 0 aliphatic carbocycles. The van der Waals surface area contributed by atoms with E-state index < -0.39 is 0 Å². The molecule has 0 atom stereocenters. The molecule has 72 valence electrons. The lowest BCUT2D eigenvalue weighted by Crippen LogP contribution is -1.79. The molecule has 0 saturated carbocycles. The molecule has 1 aromatic carbocycles. The van der Waals surface area contributed by atoms with Gasteiger partial charge in [0.05, 0.1) is 35.2 Å². The van der Waals surface area contributed by atoms with Gasteiger partial charge in [0.1, 0.15) is 33.1 Å². The van der Waals surface area contributed by atoms with Gasteiger partial charge in [0.2, 0.25) is 0 Å². The van der Waals surface area contributed by atoms with Crippen LogP contribution >= 0.6 is 35.2 Å². The molecule has 0 radical (unpaired) electrons. The van der Waals surface area contributed by atoms with Gasteiger partial charge in [-0.25, -0.2) is 0 Å². The maximum atomic E-state index is 4.22. The first-order chi connectivity index (χ1) is 7.45. The third kappa shape index (κ3) is 0.874. The topological polar surface area (TPSA) is 77.3 Å². The fourth-order valence-electron chi connectivity index (χ4n) is 1.50. The first-order valence-corrected chi connectivity index (χ1v) is 6.13. The Morgan fingerprint density at radius 1 is 0.400 bits per heavy atom. The zero-order chi connectivity index (χ0) is 9.83. The summed E-state index contributed by atoms with van der Waals surface area (Å²) >= 11 is 3.49. The third-order valence-electron chi connectivity index (χ3n) is 2.14. The molecule has 3 heterocycles. The molecule has 15 heavy (non-hydrogen) atoms. The largest absolute Gasteiger partial charge is 0.170 e. The van der Waals surface area contributed by atoms with Crippen LogP contribution in [0.25, 0.3) is 33.1 Å². The first kappa shape index (κ1) is 7.91. The van der Waals surface area contributed by atoms with Gasteiger partial charge < -0.3 is 0 Å². The van der Waals surface area contributed by atoms with E-state index in [1.165, 1.54) is 0 Å². The molecule has 0 bridgehead atoms. The van der Waals surface area contributed by atoms with Gasteiger partial charge >= 0.3 is 0 Å². The second-order valence-corrected chi connectivity index (χ2v) is 4.47. The summed E-state index contributed by atoms with van der Waals surface area (Å²) in [7, 11) is 0. The summed E-state index contributed by atoms with van der Waals surface area (Å²) in [4.78, 5) is 0. The molecule has 0 N–H and O–H groups in total. The molecule has 0 spiro atoms. The van der Waals surface area contributed by atoms with E-state index in [0.717, 1.165) is 68.3 Å². The molecule has 4 aromatic rings. The lowest BCUT2D eigenvalue weighted by atomic mass is 10.2. The van der Waals surface area contributed by atoms with Gasteiger partial charge in [-0.2, -0.15) is 26.2 Å². The van der Waals surface area contributed by atoms with Gasteiger partial charge in [-0.15, -0.1) is 0 Å². The smallest absolute Gasteiger partial charge is 0.136 e. The molecule has 0 amide bonds. The van der Waals surface area contributed by atoms with Crippen molar-refractivity contribution in [1.29, 1.82) is 0 Å². The normalized spacial score (nSPS) is 12.0. The number of fused-ring (bicyclic) bond motifs is 6. The van der Waals surface area contributed by atoms with Crippen molar-refractivity contribution >= 4 is 68.3 Å². The molecular weight excluding hydrogens is 252 g/mol. The molecule has 4 rings (SSSR count). The van der Waals surface area contributed by atoms with Crippen LogP contribution in [-0.4, -0.2) is 26.2 Å². The van der Waals surface area contributed by atoms with Crippen LogP contribution in [0.3, 0.4) is 0 Å². The molecule has 0 aliphatic heterocycles. The van der Waals surface area contributed by atoms with Crippen molar-refractivity contribution in [3.63, 3.8) is 0 Å². The van der Waals surface area contributed by atoms with Crippen molar-refractivity contribution in [3.05, 3.63) is 0 Å². The number of aromatic nitrogens is 6. The van der Waals surface area contributed by atoms with Crippen LogP contribution in [0.5, 0.6) is 0 Å². The minimum atomic E-state index is 0.781. The molecule has 6 nitrogen and oxygen atoms in total. The highest BCUT2D eigenvalue weighted by Crippen LogP contribution is 2.30. The molecule has 3 aromatic heterocycles. The summed E-state index contributed by atoms with van der Waals surface area (Å²) in [6.07, 6.45) is 0. The molecule has 0 saturated heterocycles. The first-order valence-electron chi connectivity index (χ1n) is 3.94. The van der Waals surface area contributed by atoms with Gasteiger partial charge in [0.25, 0.3) is 0 Å². The highest BCUT2D eigenvalue weighted by molar-refractivity contribution is 7.02. The van der Waals surface area contributed by atoms with Crippen molar-refractivity contribution < 1.29 is 0 Å². The van der Waals surface area contributed by atoms with Crippen LogP contribution in [0.4, 0.5) is 0 Å². The second-order valence-electron chi connectivity index (χ2n) is 2.88. The Hall–Kier alpha value is -1.32. The quantitative estimate of drug-likeness (QED) is 0.474. The Morgan fingerprint density at radius 2 is 0.600 bits per heavy atom. The Balaban J connectivity index is 2.56. The van der Waals surface area contributed by atoms with Crippen molar-refractivity contribution in [1.82, 2.24) is 26.2 Å². The summed E-state index contributed by atoms with van der Waals surface area (Å²) < 4.78 is 25.3. The predicted octanol–water partition coefficient (Wildman–Crippen LogP) is 1.70. The molecule has 9 heteroatoms. The average molecular weight is 252 g/mol. The summed E-state index contributed by atoms with van der Waals surface area (Å²) in [5.41, 5.74) is 4.69. The van der Waals surface area contributed by atoms with Gasteiger partial charge in [0.15, 0.2) is 0 Å². The summed E-state index contributed by atoms with van der Waals surface area (Å²) in [6, 6.07) is 0. The van der Waals surface area contributed by atoms with E-state index >= 15 is 0 Å². The number of hydrogen-bond acceptors (Lipinski definition) is 9. The maximum absolute atomic E-state index is 4.22. The lowest BCUT2D eigenvalue weighted by molar-refractivity contribution is 1.60. The van der Waals surface area contributed by atoms with E-state index in [-0.39, 0.29) is 0 Å². The maximum Gasteiger partial charge on any atom is 0.136 e. The van der Waals surface area contributed by atoms with Gasteiger partial charge in [0, 0.05) is 0 Å². The van der Waals surface area contributed by atoms with E-state index in [1.807, 2.05) is 0 Å². The number of benzene rings is 1. The van der Waals surface area contributed by atoms with Gasteiger partial charge in [-0.3, -0.25) is 0 Å². The second kappa shape index (κ2) is 2.62. The summed E-state index contributed by atoms with van der Waals surface area (Å²) in [5, 5.41) is 0. The van der Waals surface area contributed by atoms with Crippen LogP contribution in [0.2, 0.25) is 0 Å². The third-order valence-corrected chi connectivity index (χ3v) is 3.72. The zero-order valence-electron chi connectivity index (χ0n) is 6.91.